The summed E-state index contributed by atoms with van der Waals surface area (Å²) in [5.41, 5.74) is 0.845. The predicted octanol–water partition coefficient (Wildman–Crippen LogP) is 1.25. The Kier molecular flexibility index (Phi) is 4.13. The van der Waals surface area contributed by atoms with E-state index in [0.717, 1.165) is 4.73 Å². The Morgan fingerprint density at radius 1 is 1.56 bits per heavy atom. The Bertz CT molecular complexity index is 666. The molecule has 0 unspecified atom stereocenters. The molecule has 7 nitrogen and oxygen atoms in total. The Morgan fingerprint density at radius 3 is 2.61 bits per heavy atom. The molecule has 0 saturated heterocycles. The number of fused-ring (bicyclic) bond motifs is 1. The molecule has 0 aromatic carbocycles. The highest BCUT2D eigenvalue weighted by Crippen LogP contribution is 2.31. The van der Waals surface area contributed by atoms with Gasteiger partial charge in [0.1, 0.15) is 6.07 Å². The van der Waals surface area contributed by atoms with Crippen molar-refractivity contribution in [2.24, 2.45) is 0 Å². The highest BCUT2D eigenvalue weighted by Gasteiger charge is 2.17. The second-order valence-corrected chi connectivity index (χ2v) is 5.10. The van der Waals surface area contributed by atoms with Crippen LogP contribution in [0.3, 0.4) is 0 Å². The zero-order valence-corrected chi connectivity index (χ0v) is 10.6. The first kappa shape index (κ1) is 14.2. The summed E-state index contributed by atoms with van der Waals surface area (Å²) in [6, 6.07) is 3.45. The lowest BCUT2D eigenvalue weighted by atomic mass is 10.2. The number of nitrogens with zero attached hydrogens (tertiary/aromatic N) is 3. The standard InChI is InChI=1S/C8H4ClN3O.CH4O3S/c9-6-1-2-12(13)8-7(6)5(3-10)4-11-8;1-5(2,3)4/h1-2,4,13H;1H3,(H,2,3,4). The molecule has 0 atom stereocenters. The molecular weight excluding hydrogens is 282 g/mol. The van der Waals surface area contributed by atoms with E-state index in [9.17, 15) is 13.6 Å². The van der Waals surface area contributed by atoms with Crippen molar-refractivity contribution in [1.82, 2.24) is 9.71 Å². The van der Waals surface area contributed by atoms with Gasteiger partial charge in [-0.1, -0.05) is 11.6 Å². The van der Waals surface area contributed by atoms with Gasteiger partial charge in [-0.3, -0.25) is 4.55 Å². The summed E-state index contributed by atoms with van der Waals surface area (Å²) in [6.45, 7) is 0. The fourth-order valence-corrected chi connectivity index (χ4v) is 1.40. The molecule has 96 valence electrons. The highest BCUT2D eigenvalue weighted by atomic mass is 35.5. The predicted molar refractivity (Wildman–Crippen MR) is 63.2 cm³/mol. The van der Waals surface area contributed by atoms with Gasteiger partial charge < -0.3 is 5.21 Å². The first-order chi connectivity index (χ1) is 8.24. The minimum absolute atomic E-state index is 0.295. The number of pyridine rings is 1. The number of halogens is 1. The summed E-state index contributed by atoms with van der Waals surface area (Å²) in [5.74, 6) is 0.295. The van der Waals surface area contributed by atoms with Crippen LogP contribution in [0.4, 0.5) is 0 Å². The average molecular weight is 290 g/mol. The molecular formula is C9H8ClN3O4S. The third-order valence-corrected chi connectivity index (χ3v) is 2.06. The van der Waals surface area contributed by atoms with Gasteiger partial charge in [-0.2, -0.15) is 18.4 Å². The molecule has 0 aromatic heterocycles. The van der Waals surface area contributed by atoms with Crippen LogP contribution in [0.1, 0.15) is 5.56 Å². The molecule has 2 rings (SSSR count). The molecule has 2 aliphatic heterocycles. The number of hydrogen-bond acceptors (Lipinski definition) is 5. The van der Waals surface area contributed by atoms with Crippen molar-refractivity contribution in [3.63, 3.8) is 0 Å². The van der Waals surface area contributed by atoms with E-state index in [0.29, 0.717) is 28.2 Å². The van der Waals surface area contributed by atoms with E-state index in [1.807, 2.05) is 6.07 Å². The van der Waals surface area contributed by atoms with Crippen molar-refractivity contribution >= 4 is 21.7 Å². The van der Waals surface area contributed by atoms with E-state index in [1.165, 1.54) is 18.5 Å². The van der Waals surface area contributed by atoms with Crippen LogP contribution in [0.25, 0.3) is 11.4 Å². The number of hydrogen-bond donors (Lipinski definition) is 2. The second kappa shape index (κ2) is 5.22. The first-order valence-electron chi connectivity index (χ1n) is 4.41. The lowest BCUT2D eigenvalue weighted by molar-refractivity contribution is 0.187. The molecule has 2 N–H and O–H groups in total. The van der Waals surface area contributed by atoms with E-state index in [2.05, 4.69) is 4.98 Å². The smallest absolute Gasteiger partial charge is 0.261 e. The molecule has 0 aliphatic carbocycles. The molecule has 0 radical (unpaired) electrons. The molecule has 0 bridgehead atoms. The van der Waals surface area contributed by atoms with Crippen LogP contribution in [-0.2, 0) is 10.1 Å². The van der Waals surface area contributed by atoms with Gasteiger partial charge in [-0.15, -0.1) is 0 Å². The third kappa shape index (κ3) is 3.59. The maximum Gasteiger partial charge on any atom is 0.261 e. The summed E-state index contributed by atoms with van der Waals surface area (Å²) in [4.78, 5) is 3.86. The summed E-state index contributed by atoms with van der Waals surface area (Å²) >= 11 is 5.84. The van der Waals surface area contributed by atoms with E-state index in [1.54, 1.807) is 0 Å². The molecule has 2 aliphatic rings. The van der Waals surface area contributed by atoms with Gasteiger partial charge in [0, 0.05) is 12.4 Å². The molecule has 0 fully saturated rings. The largest absolute Gasteiger partial charge is 0.427 e. The average Bonchev–Trinajstić information content (AvgIpc) is 2.66. The Morgan fingerprint density at radius 2 is 2.11 bits per heavy atom. The summed E-state index contributed by atoms with van der Waals surface area (Å²) in [7, 11) is -3.67. The maximum atomic E-state index is 9.29. The van der Waals surface area contributed by atoms with Gasteiger partial charge in [-0.05, 0) is 6.07 Å². The van der Waals surface area contributed by atoms with E-state index in [4.69, 9.17) is 21.4 Å². The quantitative estimate of drug-likeness (QED) is 0.557. The normalized spacial score (nSPS) is 10.6. The minimum atomic E-state index is -3.67. The first-order valence-corrected chi connectivity index (χ1v) is 6.64. The summed E-state index contributed by atoms with van der Waals surface area (Å²) < 4.78 is 26.7. The van der Waals surface area contributed by atoms with Crippen LogP contribution < -0.4 is 0 Å². The molecule has 0 aromatic rings. The minimum Gasteiger partial charge on any atom is -0.427 e. The fraction of sp³-hybridized carbons (Fsp3) is 0.111. The van der Waals surface area contributed by atoms with Crippen molar-refractivity contribution in [2.45, 2.75) is 0 Å². The van der Waals surface area contributed by atoms with Gasteiger partial charge in [0.2, 0.25) is 0 Å². The zero-order chi connectivity index (χ0) is 13.9. The number of rotatable bonds is 0. The lowest BCUT2D eigenvalue weighted by Crippen LogP contribution is -1.98. The molecule has 0 amide bonds. The summed E-state index contributed by atoms with van der Waals surface area (Å²) in [5, 5.41) is 18.4. The van der Waals surface area contributed by atoms with Crippen LogP contribution >= 0.6 is 11.6 Å². The van der Waals surface area contributed by atoms with Gasteiger partial charge in [0.05, 0.1) is 22.4 Å². The Labute approximate surface area is 108 Å². The fourth-order valence-electron chi connectivity index (χ4n) is 1.16. The van der Waals surface area contributed by atoms with Crippen molar-refractivity contribution in [1.29, 1.82) is 5.26 Å². The number of nitriles is 1. The van der Waals surface area contributed by atoms with Crippen molar-refractivity contribution in [3.05, 3.63) is 29.0 Å². The van der Waals surface area contributed by atoms with Gasteiger partial charge >= 0.3 is 0 Å². The highest BCUT2D eigenvalue weighted by molar-refractivity contribution is 7.85. The van der Waals surface area contributed by atoms with Gasteiger partial charge in [-0.25, -0.2) is 4.98 Å². The monoisotopic (exact) mass is 289 g/mol. The molecule has 18 heavy (non-hydrogen) atoms. The molecule has 2 heterocycles. The molecule has 0 spiro atoms. The molecule has 9 heteroatoms. The zero-order valence-electron chi connectivity index (χ0n) is 9.07. The van der Waals surface area contributed by atoms with Gasteiger partial charge in [0.25, 0.3) is 10.1 Å². The van der Waals surface area contributed by atoms with Crippen LogP contribution in [0.5, 0.6) is 0 Å². The van der Waals surface area contributed by atoms with Crippen molar-refractivity contribution in [2.75, 3.05) is 6.26 Å². The Hall–Kier alpha value is -1.82. The SMILES string of the molecule is CS(=O)(=O)O.N#Cc1cnc2n(O)ccc(Cl)c1-2. The Balaban J connectivity index is 0.000000280. The van der Waals surface area contributed by atoms with Gasteiger partial charge in [0.15, 0.2) is 5.82 Å². The van der Waals surface area contributed by atoms with E-state index >= 15 is 0 Å². The van der Waals surface area contributed by atoms with Crippen LogP contribution in [0.15, 0.2) is 18.5 Å². The van der Waals surface area contributed by atoms with Crippen molar-refractivity contribution < 1.29 is 18.2 Å². The van der Waals surface area contributed by atoms with Crippen LogP contribution in [0.2, 0.25) is 5.02 Å². The molecule has 0 saturated carbocycles. The summed E-state index contributed by atoms with van der Waals surface area (Å²) in [6.07, 6.45) is 3.47. The number of aromatic nitrogens is 2. The van der Waals surface area contributed by atoms with Crippen LogP contribution in [-0.4, -0.2) is 34.1 Å². The topological polar surface area (TPSA) is 116 Å². The second-order valence-electron chi connectivity index (χ2n) is 3.22. The van der Waals surface area contributed by atoms with Crippen LogP contribution in [0, 0.1) is 11.3 Å². The third-order valence-electron chi connectivity index (χ3n) is 1.75. The van der Waals surface area contributed by atoms with E-state index in [-0.39, 0.29) is 0 Å². The lowest BCUT2D eigenvalue weighted by Gasteiger charge is -2.04. The van der Waals surface area contributed by atoms with Crippen molar-refractivity contribution in [3.8, 4) is 17.5 Å². The maximum absolute atomic E-state index is 9.29. The van der Waals surface area contributed by atoms with E-state index < -0.39 is 10.1 Å².